The molecule has 0 atom stereocenters. The lowest BCUT2D eigenvalue weighted by molar-refractivity contribution is 0.310. The number of ether oxygens (including phenoxy) is 2. The highest BCUT2D eigenvalue weighted by Crippen LogP contribution is 2.25. The second-order valence-electron chi connectivity index (χ2n) is 4.76. The second kappa shape index (κ2) is 8.15. The molecule has 0 saturated carbocycles. The largest absolute Gasteiger partial charge is 0.494 e. The van der Waals surface area contributed by atoms with Gasteiger partial charge in [0.2, 0.25) is 0 Å². The van der Waals surface area contributed by atoms with E-state index in [1.165, 1.54) is 10.8 Å². The van der Waals surface area contributed by atoms with E-state index in [9.17, 15) is 0 Å². The Labute approximate surface area is 129 Å². The summed E-state index contributed by atoms with van der Waals surface area (Å²) in [5.41, 5.74) is 0. The molecule has 0 bridgehead atoms. The van der Waals surface area contributed by atoms with E-state index >= 15 is 0 Å². The smallest absolute Gasteiger partial charge is 0.119 e. The zero-order valence-corrected chi connectivity index (χ0v) is 13.5. The Morgan fingerprint density at radius 3 is 2.00 bits per heavy atom. The van der Waals surface area contributed by atoms with Gasteiger partial charge in [0.25, 0.3) is 0 Å². The molecule has 0 saturated heterocycles. The Balaban J connectivity index is 2.02. The van der Waals surface area contributed by atoms with Crippen molar-refractivity contribution in [2.24, 2.45) is 0 Å². The minimum atomic E-state index is 0.764. The highest BCUT2D eigenvalue weighted by Gasteiger charge is 2.00. The maximum atomic E-state index is 5.76. The molecule has 0 radical (unpaired) electrons. The first-order valence-electron chi connectivity index (χ1n) is 7.19. The molecule has 0 heterocycles. The van der Waals surface area contributed by atoms with Gasteiger partial charge in [-0.15, -0.1) is 0 Å². The Morgan fingerprint density at radius 1 is 0.850 bits per heavy atom. The molecule has 2 aromatic rings. The summed E-state index contributed by atoms with van der Waals surface area (Å²) >= 11 is 3.43. The molecule has 0 spiro atoms. The van der Waals surface area contributed by atoms with Crippen LogP contribution >= 0.6 is 15.9 Å². The maximum Gasteiger partial charge on any atom is 0.119 e. The summed E-state index contributed by atoms with van der Waals surface area (Å²) in [5.74, 6) is 1.87. The lowest BCUT2D eigenvalue weighted by atomic mass is 10.1. The SMILES string of the molecule is CCCOc1ccc2cc(OCCCCBr)ccc2c1. The standard InChI is InChI=1S/C17H21BrO2/c1-2-10-19-16-7-5-15-13-17(8-6-14(15)12-16)20-11-4-3-9-18/h5-8,12-13H,2-4,9-11H2,1H3. The number of alkyl halides is 1. The van der Waals surface area contributed by atoms with Crippen molar-refractivity contribution in [3.05, 3.63) is 36.4 Å². The maximum absolute atomic E-state index is 5.76. The predicted octanol–water partition coefficient (Wildman–Crippen LogP) is 5.18. The third-order valence-corrected chi connectivity index (χ3v) is 3.61. The monoisotopic (exact) mass is 336 g/mol. The van der Waals surface area contributed by atoms with Gasteiger partial charge < -0.3 is 9.47 Å². The van der Waals surface area contributed by atoms with Crippen molar-refractivity contribution in [2.75, 3.05) is 18.5 Å². The molecule has 2 nitrogen and oxygen atoms in total. The third-order valence-electron chi connectivity index (χ3n) is 3.05. The molecular weight excluding hydrogens is 316 g/mol. The molecule has 0 aliphatic carbocycles. The summed E-state index contributed by atoms with van der Waals surface area (Å²) in [6.45, 7) is 3.65. The normalized spacial score (nSPS) is 10.7. The van der Waals surface area contributed by atoms with Crippen LogP contribution < -0.4 is 9.47 Å². The van der Waals surface area contributed by atoms with Crippen LogP contribution in [0, 0.1) is 0 Å². The van der Waals surface area contributed by atoms with Crippen LogP contribution in [0.15, 0.2) is 36.4 Å². The van der Waals surface area contributed by atoms with Crippen LogP contribution in [-0.4, -0.2) is 18.5 Å². The number of unbranched alkanes of at least 4 members (excludes halogenated alkanes) is 1. The molecule has 0 aliphatic rings. The minimum absolute atomic E-state index is 0.764. The van der Waals surface area contributed by atoms with E-state index in [0.29, 0.717) is 0 Å². The molecule has 2 aromatic carbocycles. The fourth-order valence-electron chi connectivity index (χ4n) is 1.99. The third kappa shape index (κ3) is 4.41. The number of fused-ring (bicyclic) bond motifs is 1. The quantitative estimate of drug-likeness (QED) is 0.488. The molecule has 20 heavy (non-hydrogen) atoms. The summed E-state index contributed by atoms with van der Waals surface area (Å²) in [6, 6.07) is 12.4. The van der Waals surface area contributed by atoms with Gasteiger partial charge in [-0.2, -0.15) is 0 Å². The lowest BCUT2D eigenvalue weighted by Crippen LogP contribution is -1.97. The fraction of sp³-hybridized carbons (Fsp3) is 0.412. The van der Waals surface area contributed by atoms with Gasteiger partial charge in [0.1, 0.15) is 11.5 Å². The summed E-state index contributed by atoms with van der Waals surface area (Å²) in [5, 5.41) is 3.41. The molecule has 0 unspecified atom stereocenters. The minimum Gasteiger partial charge on any atom is -0.494 e. The van der Waals surface area contributed by atoms with Gasteiger partial charge in [-0.1, -0.05) is 35.0 Å². The molecule has 3 heteroatoms. The zero-order valence-electron chi connectivity index (χ0n) is 11.9. The number of benzene rings is 2. The number of halogens is 1. The average Bonchev–Trinajstić information content (AvgIpc) is 2.49. The first-order valence-corrected chi connectivity index (χ1v) is 8.31. The van der Waals surface area contributed by atoms with E-state index in [2.05, 4.69) is 47.1 Å². The van der Waals surface area contributed by atoms with Gasteiger partial charge in [-0.25, -0.2) is 0 Å². The van der Waals surface area contributed by atoms with Crippen LogP contribution in [0.2, 0.25) is 0 Å². The van der Waals surface area contributed by atoms with Gasteiger partial charge >= 0.3 is 0 Å². The predicted molar refractivity (Wildman–Crippen MR) is 88.3 cm³/mol. The van der Waals surface area contributed by atoms with Crippen LogP contribution in [-0.2, 0) is 0 Å². The van der Waals surface area contributed by atoms with Crippen molar-refractivity contribution in [1.82, 2.24) is 0 Å². The highest BCUT2D eigenvalue weighted by molar-refractivity contribution is 9.09. The summed E-state index contributed by atoms with van der Waals surface area (Å²) in [4.78, 5) is 0. The Hall–Kier alpha value is -1.22. The molecule has 0 fully saturated rings. The van der Waals surface area contributed by atoms with E-state index in [1.807, 2.05) is 12.1 Å². The van der Waals surface area contributed by atoms with Gasteiger partial charge in [0.05, 0.1) is 13.2 Å². The van der Waals surface area contributed by atoms with Crippen LogP contribution in [0.5, 0.6) is 11.5 Å². The molecule has 0 aromatic heterocycles. The molecule has 0 aliphatic heterocycles. The van der Waals surface area contributed by atoms with E-state index < -0.39 is 0 Å². The van der Waals surface area contributed by atoms with Crippen molar-refractivity contribution in [2.45, 2.75) is 26.2 Å². The molecule has 2 rings (SSSR count). The van der Waals surface area contributed by atoms with E-state index in [0.717, 1.165) is 49.3 Å². The van der Waals surface area contributed by atoms with Gasteiger partial charge in [-0.3, -0.25) is 0 Å². The summed E-state index contributed by atoms with van der Waals surface area (Å²) in [7, 11) is 0. The van der Waals surface area contributed by atoms with E-state index in [4.69, 9.17) is 9.47 Å². The Kier molecular flexibility index (Phi) is 6.19. The number of rotatable bonds is 8. The molecule has 0 amide bonds. The molecular formula is C17H21BrO2. The number of hydrogen-bond acceptors (Lipinski definition) is 2. The highest BCUT2D eigenvalue weighted by atomic mass is 79.9. The Morgan fingerprint density at radius 2 is 1.45 bits per heavy atom. The van der Waals surface area contributed by atoms with E-state index in [1.54, 1.807) is 0 Å². The second-order valence-corrected chi connectivity index (χ2v) is 5.56. The zero-order chi connectivity index (χ0) is 14.2. The average molecular weight is 337 g/mol. The van der Waals surface area contributed by atoms with Gasteiger partial charge in [-0.05, 0) is 54.3 Å². The van der Waals surface area contributed by atoms with Crippen molar-refractivity contribution >= 4 is 26.7 Å². The number of hydrogen-bond donors (Lipinski definition) is 0. The van der Waals surface area contributed by atoms with Gasteiger partial charge in [0.15, 0.2) is 0 Å². The van der Waals surface area contributed by atoms with E-state index in [-0.39, 0.29) is 0 Å². The fourth-order valence-corrected chi connectivity index (χ4v) is 2.38. The molecule has 0 N–H and O–H groups in total. The topological polar surface area (TPSA) is 18.5 Å². The Bertz CT molecular complexity index is 540. The van der Waals surface area contributed by atoms with Crippen LogP contribution in [0.4, 0.5) is 0 Å². The molecule has 108 valence electrons. The van der Waals surface area contributed by atoms with Crippen molar-refractivity contribution < 1.29 is 9.47 Å². The first-order chi connectivity index (χ1) is 9.83. The van der Waals surface area contributed by atoms with Gasteiger partial charge in [0, 0.05) is 5.33 Å². The van der Waals surface area contributed by atoms with Crippen LogP contribution in [0.3, 0.4) is 0 Å². The summed E-state index contributed by atoms with van der Waals surface area (Å²) < 4.78 is 11.4. The van der Waals surface area contributed by atoms with Crippen LogP contribution in [0.1, 0.15) is 26.2 Å². The van der Waals surface area contributed by atoms with Crippen LogP contribution in [0.25, 0.3) is 10.8 Å². The first kappa shape index (κ1) is 15.2. The van der Waals surface area contributed by atoms with Crippen molar-refractivity contribution in [3.63, 3.8) is 0 Å². The van der Waals surface area contributed by atoms with Crippen molar-refractivity contribution in [3.8, 4) is 11.5 Å². The summed E-state index contributed by atoms with van der Waals surface area (Å²) in [6.07, 6.45) is 3.25. The lowest BCUT2D eigenvalue weighted by Gasteiger charge is -2.09. The van der Waals surface area contributed by atoms with Crippen molar-refractivity contribution in [1.29, 1.82) is 0 Å².